The SMILES string of the molecule is [O-][NH+]1C=C2C=CCC=C2C=N1. The van der Waals surface area contributed by atoms with Crippen molar-refractivity contribution in [2.45, 2.75) is 6.42 Å². The van der Waals surface area contributed by atoms with Gasteiger partial charge in [0.25, 0.3) is 0 Å². The van der Waals surface area contributed by atoms with E-state index in [2.05, 4.69) is 11.2 Å². The van der Waals surface area contributed by atoms with Gasteiger partial charge in [0, 0.05) is 11.1 Å². The maximum Gasteiger partial charge on any atom is 0.129 e. The van der Waals surface area contributed by atoms with Gasteiger partial charge in [-0.2, -0.15) is 0 Å². The second kappa shape index (κ2) is 2.45. The van der Waals surface area contributed by atoms with Crippen molar-refractivity contribution in [3.63, 3.8) is 0 Å². The average molecular weight is 148 g/mol. The van der Waals surface area contributed by atoms with Crippen LogP contribution < -0.4 is 5.17 Å². The minimum absolute atomic E-state index is 0.163. The number of hydroxylamine groups is 1. The molecule has 2 rings (SSSR count). The van der Waals surface area contributed by atoms with Crippen LogP contribution in [-0.2, 0) is 0 Å². The molecule has 1 aliphatic heterocycles. The molecule has 0 amide bonds. The number of hydrogen-bond acceptors (Lipinski definition) is 2. The zero-order valence-electron chi connectivity index (χ0n) is 5.95. The molecule has 1 aliphatic carbocycles. The Morgan fingerprint density at radius 2 is 2.36 bits per heavy atom. The lowest BCUT2D eigenvalue weighted by Gasteiger charge is -2.17. The van der Waals surface area contributed by atoms with Crippen LogP contribution in [0.15, 0.2) is 40.7 Å². The average Bonchev–Trinajstić information content (AvgIpc) is 2.04. The second-order valence-electron chi connectivity index (χ2n) is 2.49. The highest BCUT2D eigenvalue weighted by molar-refractivity contribution is 5.86. The minimum Gasteiger partial charge on any atom is -0.601 e. The van der Waals surface area contributed by atoms with E-state index in [1.165, 1.54) is 0 Å². The van der Waals surface area contributed by atoms with Crippen molar-refractivity contribution in [2.75, 3.05) is 0 Å². The summed E-state index contributed by atoms with van der Waals surface area (Å²) in [6, 6.07) is 0. The van der Waals surface area contributed by atoms with Gasteiger partial charge in [-0.1, -0.05) is 23.3 Å². The predicted octanol–water partition coefficient (Wildman–Crippen LogP) is 0.139. The summed E-state index contributed by atoms with van der Waals surface area (Å²) < 4.78 is 0. The monoisotopic (exact) mass is 148 g/mol. The number of fused-ring (bicyclic) bond motifs is 1. The molecule has 0 saturated carbocycles. The fraction of sp³-hybridized carbons (Fsp3) is 0.125. The van der Waals surface area contributed by atoms with E-state index in [0.717, 1.165) is 17.6 Å². The van der Waals surface area contributed by atoms with Gasteiger partial charge in [0.15, 0.2) is 0 Å². The molecule has 56 valence electrons. The first-order chi connectivity index (χ1) is 5.36. The molecular weight excluding hydrogens is 140 g/mol. The van der Waals surface area contributed by atoms with Crippen molar-refractivity contribution in [3.05, 3.63) is 40.8 Å². The van der Waals surface area contributed by atoms with Crippen LogP contribution in [-0.4, -0.2) is 6.21 Å². The molecule has 0 fully saturated rings. The molecule has 1 atom stereocenters. The highest BCUT2D eigenvalue weighted by Crippen LogP contribution is 2.15. The standard InChI is InChI=1S/C8H8N2O/c11-10-6-8-4-2-1-3-7(8)5-9-10/h2-6,10H,1H2. The molecule has 0 spiro atoms. The lowest BCUT2D eigenvalue weighted by Crippen LogP contribution is -2.97. The van der Waals surface area contributed by atoms with E-state index in [4.69, 9.17) is 0 Å². The number of nitrogens with one attached hydrogen (secondary N) is 1. The van der Waals surface area contributed by atoms with Crippen LogP contribution in [0.1, 0.15) is 6.42 Å². The molecule has 0 aromatic carbocycles. The van der Waals surface area contributed by atoms with Gasteiger partial charge in [-0.3, -0.25) is 0 Å². The Morgan fingerprint density at radius 1 is 1.45 bits per heavy atom. The predicted molar refractivity (Wildman–Crippen MR) is 42.7 cm³/mol. The maximum absolute atomic E-state index is 10.8. The molecule has 11 heavy (non-hydrogen) atoms. The first-order valence-corrected chi connectivity index (χ1v) is 3.53. The summed E-state index contributed by atoms with van der Waals surface area (Å²) in [5.41, 5.74) is 2.04. The number of hydrogen-bond donors (Lipinski definition) is 1. The normalized spacial score (nSPS) is 27.5. The Hall–Kier alpha value is -1.19. The molecule has 2 aliphatic rings. The van der Waals surface area contributed by atoms with Crippen LogP contribution in [0, 0.1) is 5.21 Å². The highest BCUT2D eigenvalue weighted by Gasteiger charge is 2.09. The van der Waals surface area contributed by atoms with Crippen LogP contribution in [0.5, 0.6) is 0 Å². The molecule has 1 N–H and O–H groups in total. The third-order valence-electron chi connectivity index (χ3n) is 1.71. The molecule has 0 bridgehead atoms. The van der Waals surface area contributed by atoms with Crippen molar-refractivity contribution < 1.29 is 5.17 Å². The van der Waals surface area contributed by atoms with Crippen molar-refractivity contribution in [3.8, 4) is 0 Å². The second-order valence-corrected chi connectivity index (χ2v) is 2.49. The molecule has 0 aromatic heterocycles. The van der Waals surface area contributed by atoms with E-state index in [-0.39, 0.29) is 5.17 Å². The number of allylic oxidation sites excluding steroid dienone is 5. The third kappa shape index (κ3) is 1.15. The van der Waals surface area contributed by atoms with Crippen LogP contribution in [0.25, 0.3) is 0 Å². The fourth-order valence-electron chi connectivity index (χ4n) is 1.17. The minimum atomic E-state index is -0.163. The summed E-state index contributed by atoms with van der Waals surface area (Å²) >= 11 is 0. The van der Waals surface area contributed by atoms with Gasteiger partial charge in [-0.25, -0.2) is 5.17 Å². The van der Waals surface area contributed by atoms with Crippen molar-refractivity contribution in [2.24, 2.45) is 5.10 Å². The van der Waals surface area contributed by atoms with Crippen molar-refractivity contribution in [1.29, 1.82) is 0 Å². The first-order valence-electron chi connectivity index (χ1n) is 3.53. The van der Waals surface area contributed by atoms with Gasteiger partial charge in [-0.05, 0) is 6.42 Å². The van der Waals surface area contributed by atoms with Gasteiger partial charge >= 0.3 is 0 Å². The maximum atomic E-state index is 10.8. The summed E-state index contributed by atoms with van der Waals surface area (Å²) in [7, 11) is 0. The van der Waals surface area contributed by atoms with Crippen LogP contribution in [0.3, 0.4) is 0 Å². The summed E-state index contributed by atoms with van der Waals surface area (Å²) in [6.07, 6.45) is 10.2. The molecule has 0 saturated heterocycles. The van der Waals surface area contributed by atoms with Crippen LogP contribution in [0.2, 0.25) is 0 Å². The number of quaternary nitrogens is 1. The van der Waals surface area contributed by atoms with E-state index in [9.17, 15) is 5.21 Å². The van der Waals surface area contributed by atoms with Crippen molar-refractivity contribution >= 4 is 6.21 Å². The Labute approximate surface area is 64.6 Å². The van der Waals surface area contributed by atoms with E-state index in [1.807, 2.05) is 12.2 Å². The lowest BCUT2D eigenvalue weighted by atomic mass is 10.0. The van der Waals surface area contributed by atoms with Gasteiger partial charge in [-0.15, -0.1) is 0 Å². The zero-order chi connectivity index (χ0) is 7.68. The first kappa shape index (κ1) is 6.52. The smallest absolute Gasteiger partial charge is 0.129 e. The quantitative estimate of drug-likeness (QED) is 0.487. The summed E-state index contributed by atoms with van der Waals surface area (Å²) in [6.45, 7) is 0. The number of rotatable bonds is 0. The Balaban J connectivity index is 2.36. The van der Waals surface area contributed by atoms with Crippen molar-refractivity contribution in [1.82, 2.24) is 0 Å². The molecular formula is C8H8N2O. The van der Waals surface area contributed by atoms with E-state index < -0.39 is 0 Å². The topological polar surface area (TPSA) is 39.9 Å². The molecule has 1 unspecified atom stereocenters. The van der Waals surface area contributed by atoms with Gasteiger partial charge in [0.1, 0.15) is 6.20 Å². The van der Waals surface area contributed by atoms with Gasteiger partial charge in [0.05, 0.1) is 6.21 Å². The summed E-state index contributed by atoms with van der Waals surface area (Å²) in [5.74, 6) is 0. The summed E-state index contributed by atoms with van der Waals surface area (Å²) in [4.78, 5) is 0. The molecule has 0 radical (unpaired) electrons. The Bertz CT molecular complexity index is 286. The number of nitrogens with zero attached hydrogens (tertiary/aromatic N) is 1. The van der Waals surface area contributed by atoms with Crippen LogP contribution >= 0.6 is 0 Å². The zero-order valence-corrected chi connectivity index (χ0v) is 5.95. The molecule has 3 nitrogen and oxygen atoms in total. The molecule has 0 aromatic rings. The highest BCUT2D eigenvalue weighted by atomic mass is 16.5. The van der Waals surface area contributed by atoms with Gasteiger partial charge < -0.3 is 5.21 Å². The largest absolute Gasteiger partial charge is 0.601 e. The van der Waals surface area contributed by atoms with E-state index >= 15 is 0 Å². The fourth-order valence-corrected chi connectivity index (χ4v) is 1.17. The summed E-state index contributed by atoms with van der Waals surface area (Å²) in [5, 5.41) is 14.3. The molecule has 3 heteroatoms. The lowest BCUT2D eigenvalue weighted by molar-refractivity contribution is -0.798. The third-order valence-corrected chi connectivity index (χ3v) is 1.71. The van der Waals surface area contributed by atoms with E-state index in [0.29, 0.717) is 0 Å². The van der Waals surface area contributed by atoms with Crippen LogP contribution in [0.4, 0.5) is 0 Å². The van der Waals surface area contributed by atoms with E-state index in [1.54, 1.807) is 12.4 Å². The molecule has 1 heterocycles. The Morgan fingerprint density at radius 3 is 3.27 bits per heavy atom. The Kier molecular flexibility index (Phi) is 1.45. The van der Waals surface area contributed by atoms with Gasteiger partial charge in [0.2, 0.25) is 0 Å².